The van der Waals surface area contributed by atoms with Gasteiger partial charge in [0.1, 0.15) is 0 Å². The summed E-state index contributed by atoms with van der Waals surface area (Å²) in [5, 5.41) is 0. The summed E-state index contributed by atoms with van der Waals surface area (Å²) in [6, 6.07) is 0.160. The fraction of sp³-hybridized carbons (Fsp3) is 0.692. The average molecular weight is 193 g/mol. The molecule has 1 heteroatoms. The first-order valence-corrected chi connectivity index (χ1v) is 5.57. The second-order valence-corrected chi connectivity index (χ2v) is 5.15. The van der Waals surface area contributed by atoms with Crippen LogP contribution in [-0.2, 0) is 0 Å². The minimum Gasteiger partial charge on any atom is -0.325 e. The Morgan fingerprint density at radius 2 is 2.07 bits per heavy atom. The van der Waals surface area contributed by atoms with Crippen LogP contribution < -0.4 is 5.73 Å². The highest BCUT2D eigenvalue weighted by molar-refractivity contribution is 5.32. The van der Waals surface area contributed by atoms with Gasteiger partial charge < -0.3 is 5.73 Å². The topological polar surface area (TPSA) is 26.0 Å². The SMILES string of the molecule is CC1=C(C=CC(C)N)C(C)(C)CCC1. The summed E-state index contributed by atoms with van der Waals surface area (Å²) in [6.45, 7) is 8.93. The van der Waals surface area contributed by atoms with Crippen LogP contribution in [0.2, 0.25) is 0 Å². The number of nitrogens with two attached hydrogens (primary N) is 1. The van der Waals surface area contributed by atoms with Crippen molar-refractivity contribution in [3.05, 3.63) is 23.3 Å². The van der Waals surface area contributed by atoms with Crippen molar-refractivity contribution >= 4 is 0 Å². The van der Waals surface area contributed by atoms with Gasteiger partial charge in [-0.3, -0.25) is 0 Å². The molecule has 0 heterocycles. The van der Waals surface area contributed by atoms with E-state index in [1.54, 1.807) is 0 Å². The van der Waals surface area contributed by atoms with Crippen LogP contribution in [0.3, 0.4) is 0 Å². The third-order valence-electron chi connectivity index (χ3n) is 3.11. The lowest BCUT2D eigenvalue weighted by molar-refractivity contribution is 0.376. The fourth-order valence-corrected chi connectivity index (χ4v) is 2.26. The molecule has 0 saturated heterocycles. The Bertz CT molecular complexity index is 256. The third kappa shape index (κ3) is 2.71. The molecule has 1 atom stereocenters. The van der Waals surface area contributed by atoms with E-state index in [-0.39, 0.29) is 6.04 Å². The van der Waals surface area contributed by atoms with Crippen LogP contribution in [0.15, 0.2) is 23.3 Å². The van der Waals surface area contributed by atoms with Crippen molar-refractivity contribution in [3.8, 4) is 0 Å². The molecule has 0 aliphatic heterocycles. The molecule has 1 aliphatic carbocycles. The van der Waals surface area contributed by atoms with E-state index in [2.05, 4.69) is 32.9 Å². The van der Waals surface area contributed by atoms with Gasteiger partial charge in [0.15, 0.2) is 0 Å². The predicted molar refractivity (Wildman–Crippen MR) is 63.1 cm³/mol. The minimum absolute atomic E-state index is 0.160. The zero-order chi connectivity index (χ0) is 10.8. The maximum absolute atomic E-state index is 5.73. The Labute approximate surface area is 88.1 Å². The van der Waals surface area contributed by atoms with Crippen molar-refractivity contribution in [2.75, 3.05) is 0 Å². The molecule has 0 amide bonds. The summed E-state index contributed by atoms with van der Waals surface area (Å²) in [5.74, 6) is 0. The lowest BCUT2D eigenvalue weighted by Gasteiger charge is -2.33. The van der Waals surface area contributed by atoms with Crippen LogP contribution >= 0.6 is 0 Å². The number of rotatable bonds is 2. The standard InChI is InChI=1S/C13H23N/c1-10-6-5-9-13(3,4)12(10)8-7-11(2)14/h7-8,11H,5-6,9,14H2,1-4H3. The van der Waals surface area contributed by atoms with Crippen LogP contribution in [0.4, 0.5) is 0 Å². The van der Waals surface area contributed by atoms with Crippen molar-refractivity contribution in [3.63, 3.8) is 0 Å². The van der Waals surface area contributed by atoms with E-state index in [9.17, 15) is 0 Å². The van der Waals surface area contributed by atoms with Gasteiger partial charge >= 0.3 is 0 Å². The smallest absolute Gasteiger partial charge is 0.0197 e. The Balaban J connectivity index is 2.91. The number of hydrogen-bond donors (Lipinski definition) is 1. The van der Waals surface area contributed by atoms with E-state index >= 15 is 0 Å². The van der Waals surface area contributed by atoms with Crippen LogP contribution in [0.1, 0.15) is 47.0 Å². The molecule has 2 N–H and O–H groups in total. The summed E-state index contributed by atoms with van der Waals surface area (Å²) < 4.78 is 0. The molecule has 0 aromatic rings. The van der Waals surface area contributed by atoms with Crippen LogP contribution in [0.25, 0.3) is 0 Å². The van der Waals surface area contributed by atoms with Crippen LogP contribution in [0, 0.1) is 5.41 Å². The van der Waals surface area contributed by atoms with E-state index in [0.29, 0.717) is 5.41 Å². The van der Waals surface area contributed by atoms with E-state index in [1.165, 1.54) is 30.4 Å². The predicted octanol–water partition coefficient (Wildman–Crippen LogP) is 3.42. The molecule has 1 unspecified atom stereocenters. The quantitative estimate of drug-likeness (QED) is 0.714. The summed E-state index contributed by atoms with van der Waals surface area (Å²) in [7, 11) is 0. The Kier molecular flexibility index (Phi) is 3.54. The Hall–Kier alpha value is -0.560. The second-order valence-electron chi connectivity index (χ2n) is 5.15. The Morgan fingerprint density at radius 1 is 1.43 bits per heavy atom. The summed E-state index contributed by atoms with van der Waals surface area (Å²) in [6.07, 6.45) is 8.21. The van der Waals surface area contributed by atoms with Gasteiger partial charge in [-0.1, -0.05) is 31.6 Å². The lowest BCUT2D eigenvalue weighted by Crippen LogP contribution is -2.20. The molecule has 1 nitrogen and oxygen atoms in total. The second kappa shape index (κ2) is 4.31. The summed E-state index contributed by atoms with van der Waals surface area (Å²) in [5.41, 5.74) is 9.12. The van der Waals surface area contributed by atoms with Crippen LogP contribution in [-0.4, -0.2) is 6.04 Å². The number of hydrogen-bond acceptors (Lipinski definition) is 1. The van der Waals surface area contributed by atoms with Gasteiger partial charge in [0.25, 0.3) is 0 Å². The molecule has 1 rings (SSSR count). The van der Waals surface area contributed by atoms with E-state index in [0.717, 1.165) is 0 Å². The van der Waals surface area contributed by atoms with E-state index < -0.39 is 0 Å². The maximum atomic E-state index is 5.73. The highest BCUT2D eigenvalue weighted by atomic mass is 14.6. The highest BCUT2D eigenvalue weighted by Gasteiger charge is 2.26. The number of allylic oxidation sites excluding steroid dienone is 3. The van der Waals surface area contributed by atoms with Gasteiger partial charge in [0, 0.05) is 6.04 Å². The van der Waals surface area contributed by atoms with Crippen molar-refractivity contribution < 1.29 is 0 Å². The normalized spacial score (nSPS) is 24.4. The Morgan fingerprint density at radius 3 is 2.57 bits per heavy atom. The molecule has 1 aliphatic rings. The van der Waals surface area contributed by atoms with Gasteiger partial charge in [-0.25, -0.2) is 0 Å². The minimum atomic E-state index is 0.160. The maximum Gasteiger partial charge on any atom is 0.0197 e. The monoisotopic (exact) mass is 193 g/mol. The molecule has 0 saturated carbocycles. The van der Waals surface area contributed by atoms with E-state index in [4.69, 9.17) is 5.73 Å². The van der Waals surface area contributed by atoms with Crippen LogP contribution in [0.5, 0.6) is 0 Å². The van der Waals surface area contributed by atoms with Gasteiger partial charge in [-0.2, -0.15) is 0 Å². The van der Waals surface area contributed by atoms with Crippen molar-refractivity contribution in [1.82, 2.24) is 0 Å². The summed E-state index contributed by atoms with van der Waals surface area (Å²) >= 11 is 0. The summed E-state index contributed by atoms with van der Waals surface area (Å²) in [4.78, 5) is 0. The molecule has 0 aromatic heterocycles. The first-order chi connectivity index (χ1) is 6.43. The molecular weight excluding hydrogens is 170 g/mol. The first-order valence-electron chi connectivity index (χ1n) is 5.57. The molecule has 0 bridgehead atoms. The highest BCUT2D eigenvalue weighted by Crippen LogP contribution is 2.40. The first kappa shape index (κ1) is 11.5. The van der Waals surface area contributed by atoms with E-state index in [1.807, 2.05) is 6.92 Å². The van der Waals surface area contributed by atoms with Gasteiger partial charge in [0.05, 0.1) is 0 Å². The molecule has 14 heavy (non-hydrogen) atoms. The molecule has 0 aromatic carbocycles. The molecular formula is C13H23N. The molecule has 0 fully saturated rings. The van der Waals surface area contributed by atoms with Crippen molar-refractivity contribution in [1.29, 1.82) is 0 Å². The zero-order valence-electron chi connectivity index (χ0n) is 9.93. The molecule has 80 valence electrons. The van der Waals surface area contributed by atoms with Gasteiger partial charge in [-0.15, -0.1) is 0 Å². The fourth-order valence-electron chi connectivity index (χ4n) is 2.26. The van der Waals surface area contributed by atoms with Gasteiger partial charge in [-0.05, 0) is 44.1 Å². The van der Waals surface area contributed by atoms with Crippen molar-refractivity contribution in [2.24, 2.45) is 11.1 Å². The average Bonchev–Trinajstić information content (AvgIpc) is 2.01. The molecule has 0 radical (unpaired) electrons. The van der Waals surface area contributed by atoms with Gasteiger partial charge in [0.2, 0.25) is 0 Å². The largest absolute Gasteiger partial charge is 0.325 e. The lowest BCUT2D eigenvalue weighted by atomic mass is 9.72. The van der Waals surface area contributed by atoms with Crippen molar-refractivity contribution in [2.45, 2.75) is 53.0 Å². The third-order valence-corrected chi connectivity index (χ3v) is 3.11. The zero-order valence-corrected chi connectivity index (χ0v) is 9.93. The molecule has 0 spiro atoms.